The summed E-state index contributed by atoms with van der Waals surface area (Å²) in [7, 11) is 1.90. The third-order valence-corrected chi connectivity index (χ3v) is 4.57. The molecule has 2 atom stereocenters. The topological polar surface area (TPSA) is 81.9 Å². The molecule has 0 bridgehead atoms. The van der Waals surface area contributed by atoms with Crippen LogP contribution in [0, 0.1) is 5.92 Å². The molecule has 0 saturated carbocycles. The summed E-state index contributed by atoms with van der Waals surface area (Å²) in [5.74, 6) is 0.00155. The minimum Gasteiger partial charge on any atom is -0.372 e. The highest BCUT2D eigenvalue weighted by Crippen LogP contribution is 2.33. The summed E-state index contributed by atoms with van der Waals surface area (Å²) >= 11 is 0. The van der Waals surface area contributed by atoms with Gasteiger partial charge in [0.1, 0.15) is 11.8 Å². The number of nitrogens with zero attached hydrogens (tertiary/aromatic N) is 4. The molecule has 0 spiro atoms. The second-order valence-electron chi connectivity index (χ2n) is 6.17. The molecule has 7 nitrogen and oxygen atoms in total. The number of rotatable bonds is 4. The Balaban J connectivity index is 1.44. The Morgan fingerprint density at radius 3 is 2.96 bits per heavy atom. The summed E-state index contributed by atoms with van der Waals surface area (Å²) in [4.78, 5) is 21.1. The Bertz CT molecular complexity index is 907. The van der Waals surface area contributed by atoms with Crippen LogP contribution in [0.3, 0.4) is 0 Å². The van der Waals surface area contributed by atoms with Crippen molar-refractivity contribution in [3.63, 3.8) is 0 Å². The predicted molar refractivity (Wildman–Crippen MR) is 91.9 cm³/mol. The molecular weight excluding hydrogens is 318 g/mol. The van der Waals surface area contributed by atoms with Crippen molar-refractivity contribution in [1.82, 2.24) is 25.1 Å². The van der Waals surface area contributed by atoms with Gasteiger partial charge in [-0.1, -0.05) is 12.1 Å². The molecule has 128 valence electrons. The summed E-state index contributed by atoms with van der Waals surface area (Å²) in [6.45, 7) is 1.22. The molecular formula is C18H19N5O2. The van der Waals surface area contributed by atoms with Gasteiger partial charge in [0.25, 0.3) is 5.91 Å². The van der Waals surface area contributed by atoms with E-state index in [0.717, 1.165) is 17.6 Å². The molecule has 3 aromatic rings. The Morgan fingerprint density at radius 2 is 2.16 bits per heavy atom. The summed E-state index contributed by atoms with van der Waals surface area (Å²) in [5.41, 5.74) is 2.85. The number of aryl methyl sites for hydroxylation is 1. The number of carbonyl (C=O) groups excluding carboxylic acids is 1. The van der Waals surface area contributed by atoms with E-state index in [1.165, 1.54) is 6.20 Å². The second kappa shape index (κ2) is 6.60. The smallest absolute Gasteiger partial charge is 0.271 e. The Morgan fingerprint density at radius 1 is 1.32 bits per heavy atom. The van der Waals surface area contributed by atoms with Gasteiger partial charge in [0.15, 0.2) is 0 Å². The van der Waals surface area contributed by atoms with E-state index in [1.807, 2.05) is 42.1 Å². The van der Waals surface area contributed by atoms with Gasteiger partial charge in [-0.15, -0.1) is 0 Å². The van der Waals surface area contributed by atoms with Crippen LogP contribution < -0.4 is 5.32 Å². The van der Waals surface area contributed by atoms with Crippen LogP contribution in [0.25, 0.3) is 11.0 Å². The number of para-hydroxylation sites is 2. The van der Waals surface area contributed by atoms with Crippen molar-refractivity contribution in [2.75, 3.05) is 13.2 Å². The van der Waals surface area contributed by atoms with Gasteiger partial charge in [0.2, 0.25) is 0 Å². The van der Waals surface area contributed by atoms with Gasteiger partial charge >= 0.3 is 0 Å². The molecule has 25 heavy (non-hydrogen) atoms. The van der Waals surface area contributed by atoms with Gasteiger partial charge in [0.05, 0.1) is 22.9 Å². The largest absolute Gasteiger partial charge is 0.372 e. The number of carbonyl (C=O) groups is 1. The van der Waals surface area contributed by atoms with Crippen molar-refractivity contribution in [3.05, 3.63) is 54.1 Å². The van der Waals surface area contributed by atoms with Crippen molar-refractivity contribution in [2.45, 2.75) is 12.5 Å². The maximum absolute atomic E-state index is 12.4. The number of nitrogens with one attached hydrogen (secondary N) is 1. The molecule has 1 aliphatic rings. The van der Waals surface area contributed by atoms with E-state index >= 15 is 0 Å². The molecule has 1 aromatic carbocycles. The second-order valence-corrected chi connectivity index (χ2v) is 6.17. The molecule has 0 radical (unpaired) electrons. The minimum absolute atomic E-state index is 0.0458. The maximum atomic E-state index is 12.4. The van der Waals surface area contributed by atoms with Crippen LogP contribution in [-0.2, 0) is 11.8 Å². The van der Waals surface area contributed by atoms with Crippen LogP contribution in [0.2, 0.25) is 0 Å². The molecule has 7 heteroatoms. The standard InChI is InChI=1S/C18H19N5O2/c1-23-16(6-8-21-23)17-12(7-9-25-17)10-20-18(24)15-11-19-13-4-2-3-5-14(13)22-15/h2-6,8,11-12,17H,7,9-10H2,1H3,(H,20,24)/t12-,17+/m0/s1. The van der Waals surface area contributed by atoms with Crippen molar-refractivity contribution in [3.8, 4) is 0 Å². The highest BCUT2D eigenvalue weighted by Gasteiger charge is 2.31. The van der Waals surface area contributed by atoms with Gasteiger partial charge < -0.3 is 10.1 Å². The van der Waals surface area contributed by atoms with E-state index in [0.29, 0.717) is 24.4 Å². The van der Waals surface area contributed by atoms with Crippen LogP contribution >= 0.6 is 0 Å². The van der Waals surface area contributed by atoms with E-state index in [2.05, 4.69) is 20.4 Å². The number of benzene rings is 1. The molecule has 0 aliphatic carbocycles. The molecule has 3 heterocycles. The summed E-state index contributed by atoms with van der Waals surface area (Å²) in [5, 5.41) is 7.16. The molecule has 1 N–H and O–H groups in total. The highest BCUT2D eigenvalue weighted by molar-refractivity contribution is 5.93. The van der Waals surface area contributed by atoms with Gasteiger partial charge in [-0.25, -0.2) is 4.98 Å². The number of ether oxygens (including phenoxy) is 1. The fraction of sp³-hybridized carbons (Fsp3) is 0.333. The molecule has 1 aliphatic heterocycles. The normalized spacial score (nSPS) is 20.0. The zero-order valence-electron chi connectivity index (χ0n) is 13.9. The van der Waals surface area contributed by atoms with Crippen molar-refractivity contribution in [2.24, 2.45) is 13.0 Å². The average Bonchev–Trinajstić information content (AvgIpc) is 3.27. The quantitative estimate of drug-likeness (QED) is 0.786. The highest BCUT2D eigenvalue weighted by atomic mass is 16.5. The predicted octanol–water partition coefficient (Wildman–Crippen LogP) is 1.87. The first-order valence-corrected chi connectivity index (χ1v) is 8.32. The molecule has 1 fully saturated rings. The fourth-order valence-corrected chi connectivity index (χ4v) is 3.21. The third kappa shape index (κ3) is 3.10. The van der Waals surface area contributed by atoms with Crippen LogP contribution in [0.15, 0.2) is 42.7 Å². The first-order chi connectivity index (χ1) is 12.2. The average molecular weight is 337 g/mol. The number of aromatic nitrogens is 4. The van der Waals surface area contributed by atoms with E-state index in [4.69, 9.17) is 4.74 Å². The zero-order valence-corrected chi connectivity index (χ0v) is 13.9. The Hall–Kier alpha value is -2.80. The molecule has 1 saturated heterocycles. The number of amides is 1. The molecule has 0 unspecified atom stereocenters. The van der Waals surface area contributed by atoms with Crippen molar-refractivity contribution >= 4 is 16.9 Å². The van der Waals surface area contributed by atoms with E-state index in [-0.39, 0.29) is 17.9 Å². The van der Waals surface area contributed by atoms with E-state index < -0.39 is 0 Å². The Labute approximate surface area is 145 Å². The number of hydrogen-bond acceptors (Lipinski definition) is 5. The summed E-state index contributed by atoms with van der Waals surface area (Å²) in [6, 6.07) is 9.46. The summed E-state index contributed by atoms with van der Waals surface area (Å²) in [6.07, 6.45) is 4.13. The van der Waals surface area contributed by atoms with Crippen LogP contribution in [-0.4, -0.2) is 38.8 Å². The SMILES string of the molecule is Cn1nccc1[C@@H]1OCC[C@H]1CNC(=O)c1cnc2ccccc2n1. The monoisotopic (exact) mass is 337 g/mol. The van der Waals surface area contributed by atoms with Crippen LogP contribution in [0.4, 0.5) is 0 Å². The van der Waals surface area contributed by atoms with Gasteiger partial charge in [-0.2, -0.15) is 5.10 Å². The lowest BCUT2D eigenvalue weighted by molar-refractivity contribution is 0.0799. The zero-order chi connectivity index (χ0) is 17.2. The lowest BCUT2D eigenvalue weighted by Gasteiger charge is -2.19. The fourth-order valence-electron chi connectivity index (χ4n) is 3.21. The van der Waals surface area contributed by atoms with Gasteiger partial charge in [0, 0.05) is 32.3 Å². The first kappa shape index (κ1) is 15.7. The van der Waals surface area contributed by atoms with Crippen LogP contribution in [0.5, 0.6) is 0 Å². The number of fused-ring (bicyclic) bond motifs is 1. The van der Waals surface area contributed by atoms with Gasteiger partial charge in [-0.05, 0) is 24.6 Å². The first-order valence-electron chi connectivity index (χ1n) is 8.32. The van der Waals surface area contributed by atoms with E-state index in [9.17, 15) is 4.79 Å². The van der Waals surface area contributed by atoms with Crippen molar-refractivity contribution in [1.29, 1.82) is 0 Å². The summed E-state index contributed by atoms with van der Waals surface area (Å²) < 4.78 is 7.67. The lowest BCUT2D eigenvalue weighted by atomic mass is 9.99. The van der Waals surface area contributed by atoms with Crippen LogP contribution in [0.1, 0.15) is 28.7 Å². The number of hydrogen-bond donors (Lipinski definition) is 1. The van der Waals surface area contributed by atoms with E-state index in [1.54, 1.807) is 6.20 Å². The minimum atomic E-state index is -0.214. The molecule has 1 amide bonds. The van der Waals surface area contributed by atoms with Gasteiger partial charge in [-0.3, -0.25) is 14.5 Å². The third-order valence-electron chi connectivity index (χ3n) is 4.57. The lowest BCUT2D eigenvalue weighted by Crippen LogP contribution is -2.31. The molecule has 4 rings (SSSR count). The van der Waals surface area contributed by atoms with Crippen molar-refractivity contribution < 1.29 is 9.53 Å². The Kier molecular flexibility index (Phi) is 4.15. The maximum Gasteiger partial charge on any atom is 0.271 e. The molecule has 2 aromatic heterocycles.